The summed E-state index contributed by atoms with van der Waals surface area (Å²) < 4.78 is 5.73. The van der Waals surface area contributed by atoms with E-state index >= 15 is 0 Å². The number of para-hydroxylation sites is 1. The predicted molar refractivity (Wildman–Crippen MR) is 78.3 cm³/mol. The number of nitrogens with zero attached hydrogens (tertiary/aromatic N) is 1. The largest absolute Gasteiger partial charge is 0.459 e. The minimum atomic E-state index is 0.0633. The topological polar surface area (TPSA) is 50.5 Å². The Kier molecular flexibility index (Phi) is 3.53. The van der Waals surface area contributed by atoms with Gasteiger partial charge >= 0.3 is 0 Å². The number of thioether (sulfide) groups is 1. The molecule has 0 saturated carbocycles. The van der Waals surface area contributed by atoms with Crippen LogP contribution in [0, 0.1) is 0 Å². The van der Waals surface area contributed by atoms with Gasteiger partial charge in [-0.05, 0) is 12.1 Å². The number of rotatable bonds is 3. The quantitative estimate of drug-likeness (QED) is 0.872. The SMILES string of the molecule is CC(=O)SC1CC(=O)N(Cc2cc3ccccc3o2)C1. The maximum atomic E-state index is 11.9. The molecular weight excluding hydrogens is 274 g/mol. The zero-order chi connectivity index (χ0) is 14.1. The Labute approximate surface area is 121 Å². The van der Waals surface area contributed by atoms with Crippen molar-refractivity contribution in [3.8, 4) is 0 Å². The number of likely N-dealkylation sites (tertiary alicyclic amines) is 1. The molecule has 1 aromatic heterocycles. The molecule has 4 nitrogen and oxygen atoms in total. The highest BCUT2D eigenvalue weighted by Crippen LogP contribution is 2.27. The van der Waals surface area contributed by atoms with Crippen LogP contribution in [0.4, 0.5) is 0 Å². The molecule has 104 valence electrons. The van der Waals surface area contributed by atoms with Gasteiger partial charge < -0.3 is 9.32 Å². The Morgan fingerprint density at radius 2 is 2.25 bits per heavy atom. The molecule has 0 bridgehead atoms. The van der Waals surface area contributed by atoms with Gasteiger partial charge in [-0.15, -0.1) is 0 Å². The molecule has 0 aliphatic carbocycles. The van der Waals surface area contributed by atoms with Crippen LogP contribution in [0.2, 0.25) is 0 Å². The van der Waals surface area contributed by atoms with Crippen LogP contribution in [-0.4, -0.2) is 27.7 Å². The molecule has 1 amide bonds. The molecule has 2 aromatic rings. The average Bonchev–Trinajstić information content (AvgIpc) is 2.92. The summed E-state index contributed by atoms with van der Waals surface area (Å²) >= 11 is 1.25. The second-order valence-electron chi connectivity index (χ2n) is 4.96. The van der Waals surface area contributed by atoms with E-state index in [9.17, 15) is 9.59 Å². The highest BCUT2D eigenvalue weighted by molar-refractivity contribution is 8.14. The summed E-state index contributed by atoms with van der Waals surface area (Å²) in [4.78, 5) is 24.8. The molecule has 1 aliphatic rings. The lowest BCUT2D eigenvalue weighted by Crippen LogP contribution is -2.24. The van der Waals surface area contributed by atoms with Crippen molar-refractivity contribution >= 4 is 33.8 Å². The molecule has 0 radical (unpaired) electrons. The Balaban J connectivity index is 1.71. The molecule has 3 rings (SSSR count). The van der Waals surface area contributed by atoms with Gasteiger partial charge in [-0.1, -0.05) is 30.0 Å². The van der Waals surface area contributed by atoms with Crippen molar-refractivity contribution in [2.24, 2.45) is 0 Å². The fourth-order valence-electron chi connectivity index (χ4n) is 2.51. The first kappa shape index (κ1) is 13.2. The number of furan rings is 1. The summed E-state index contributed by atoms with van der Waals surface area (Å²) in [7, 11) is 0. The number of fused-ring (bicyclic) bond motifs is 1. The van der Waals surface area contributed by atoms with Crippen LogP contribution in [0.3, 0.4) is 0 Å². The molecule has 2 heterocycles. The molecule has 1 saturated heterocycles. The zero-order valence-electron chi connectivity index (χ0n) is 11.2. The molecule has 20 heavy (non-hydrogen) atoms. The van der Waals surface area contributed by atoms with Crippen molar-refractivity contribution < 1.29 is 14.0 Å². The lowest BCUT2D eigenvalue weighted by Gasteiger charge is -2.14. The first-order valence-electron chi connectivity index (χ1n) is 6.54. The summed E-state index contributed by atoms with van der Waals surface area (Å²) in [6, 6.07) is 9.76. The van der Waals surface area contributed by atoms with Crippen LogP contribution in [0.1, 0.15) is 19.1 Å². The maximum absolute atomic E-state index is 11.9. The van der Waals surface area contributed by atoms with Crippen LogP contribution in [-0.2, 0) is 16.1 Å². The van der Waals surface area contributed by atoms with Gasteiger partial charge in [0.05, 0.1) is 6.54 Å². The van der Waals surface area contributed by atoms with Crippen molar-refractivity contribution in [2.45, 2.75) is 25.1 Å². The van der Waals surface area contributed by atoms with E-state index < -0.39 is 0 Å². The standard InChI is InChI=1S/C15H15NO3S/c1-10(17)20-13-7-15(18)16(9-13)8-12-6-11-4-2-3-5-14(11)19-12/h2-6,13H,7-9H2,1H3. The predicted octanol–water partition coefficient (Wildman–Crippen LogP) is 2.81. The monoisotopic (exact) mass is 289 g/mol. The number of hydrogen-bond acceptors (Lipinski definition) is 4. The summed E-state index contributed by atoms with van der Waals surface area (Å²) in [6.07, 6.45) is 0.435. The van der Waals surface area contributed by atoms with E-state index in [1.165, 1.54) is 18.7 Å². The van der Waals surface area contributed by atoms with E-state index in [-0.39, 0.29) is 16.3 Å². The smallest absolute Gasteiger partial charge is 0.224 e. The zero-order valence-corrected chi connectivity index (χ0v) is 12.0. The van der Waals surface area contributed by atoms with Crippen molar-refractivity contribution in [1.82, 2.24) is 4.90 Å². The summed E-state index contributed by atoms with van der Waals surface area (Å²) in [5.41, 5.74) is 0.837. The first-order valence-corrected chi connectivity index (χ1v) is 7.42. The van der Waals surface area contributed by atoms with Crippen LogP contribution in [0.15, 0.2) is 34.7 Å². The molecule has 0 spiro atoms. The minimum absolute atomic E-state index is 0.0633. The Bertz CT molecular complexity index is 631. The van der Waals surface area contributed by atoms with Crippen LogP contribution >= 0.6 is 11.8 Å². The van der Waals surface area contributed by atoms with E-state index in [0.29, 0.717) is 19.5 Å². The highest BCUT2D eigenvalue weighted by Gasteiger charge is 2.31. The van der Waals surface area contributed by atoms with Gasteiger partial charge in [0.15, 0.2) is 5.12 Å². The Morgan fingerprint density at radius 3 is 3.00 bits per heavy atom. The molecule has 0 N–H and O–H groups in total. The third-order valence-corrected chi connectivity index (χ3v) is 4.32. The first-order chi connectivity index (χ1) is 9.61. The number of carbonyl (C=O) groups is 2. The average molecular weight is 289 g/mol. The van der Waals surface area contributed by atoms with Gasteiger partial charge in [0.2, 0.25) is 5.91 Å². The maximum Gasteiger partial charge on any atom is 0.224 e. The van der Waals surface area contributed by atoms with E-state index in [4.69, 9.17) is 4.42 Å². The lowest BCUT2D eigenvalue weighted by molar-refractivity contribution is -0.128. The van der Waals surface area contributed by atoms with Gasteiger partial charge in [-0.2, -0.15) is 0 Å². The van der Waals surface area contributed by atoms with Crippen molar-refractivity contribution in [1.29, 1.82) is 0 Å². The van der Waals surface area contributed by atoms with E-state index in [2.05, 4.69) is 0 Å². The summed E-state index contributed by atoms with van der Waals surface area (Å²) in [6.45, 7) is 2.62. The second kappa shape index (κ2) is 5.32. The Morgan fingerprint density at radius 1 is 1.45 bits per heavy atom. The molecule has 1 unspecified atom stereocenters. The van der Waals surface area contributed by atoms with Gasteiger partial charge in [0.25, 0.3) is 0 Å². The summed E-state index contributed by atoms with van der Waals surface area (Å²) in [5.74, 6) is 0.872. The van der Waals surface area contributed by atoms with Gasteiger partial charge in [-0.25, -0.2) is 0 Å². The number of amides is 1. The third-order valence-electron chi connectivity index (χ3n) is 3.33. The third kappa shape index (κ3) is 2.72. The van der Waals surface area contributed by atoms with E-state index in [1.54, 1.807) is 4.90 Å². The normalized spacial score (nSPS) is 18.9. The lowest BCUT2D eigenvalue weighted by atomic mass is 10.2. The molecular formula is C15H15NO3S. The van der Waals surface area contributed by atoms with E-state index in [0.717, 1.165) is 16.7 Å². The van der Waals surface area contributed by atoms with Crippen molar-refractivity contribution in [3.05, 3.63) is 36.1 Å². The van der Waals surface area contributed by atoms with Gasteiger partial charge in [0, 0.05) is 30.5 Å². The van der Waals surface area contributed by atoms with Crippen LogP contribution in [0.5, 0.6) is 0 Å². The second-order valence-corrected chi connectivity index (χ2v) is 6.44. The number of carbonyl (C=O) groups excluding carboxylic acids is 2. The molecule has 5 heteroatoms. The van der Waals surface area contributed by atoms with Crippen LogP contribution < -0.4 is 0 Å². The van der Waals surface area contributed by atoms with Crippen molar-refractivity contribution in [3.63, 3.8) is 0 Å². The Hall–Kier alpha value is -1.75. The molecule has 1 atom stereocenters. The summed E-state index contributed by atoms with van der Waals surface area (Å²) in [5, 5.41) is 1.18. The van der Waals surface area contributed by atoms with Crippen LogP contribution in [0.25, 0.3) is 11.0 Å². The van der Waals surface area contributed by atoms with Gasteiger partial charge in [-0.3, -0.25) is 9.59 Å². The molecule has 1 aromatic carbocycles. The highest BCUT2D eigenvalue weighted by atomic mass is 32.2. The number of hydrogen-bond donors (Lipinski definition) is 0. The van der Waals surface area contributed by atoms with Crippen molar-refractivity contribution in [2.75, 3.05) is 6.54 Å². The fourth-order valence-corrected chi connectivity index (χ4v) is 3.46. The molecule has 1 fully saturated rings. The minimum Gasteiger partial charge on any atom is -0.459 e. The fraction of sp³-hybridized carbons (Fsp3) is 0.333. The number of benzene rings is 1. The van der Waals surface area contributed by atoms with Gasteiger partial charge in [0.1, 0.15) is 11.3 Å². The van der Waals surface area contributed by atoms with E-state index in [1.807, 2.05) is 30.3 Å². The molecule has 1 aliphatic heterocycles.